The first kappa shape index (κ1) is 13.8. The summed E-state index contributed by atoms with van der Waals surface area (Å²) in [5.41, 5.74) is -0.336. The van der Waals surface area contributed by atoms with E-state index in [2.05, 4.69) is 0 Å². The van der Waals surface area contributed by atoms with Crippen molar-refractivity contribution < 1.29 is 19.0 Å². The molecule has 0 aliphatic rings. The van der Waals surface area contributed by atoms with Gasteiger partial charge in [0.05, 0.1) is 18.6 Å². The lowest BCUT2D eigenvalue weighted by molar-refractivity contribution is -0.138. The topological polar surface area (TPSA) is 46.5 Å². The standard InChI is InChI=1S/C12H14ClFO3/c1-12(2,6-10(15)16)8-4-7(14)5-9(17-3)11(8)13/h4-5H,6H2,1-3H3,(H,15,16). The first-order valence-corrected chi connectivity index (χ1v) is 5.41. The largest absolute Gasteiger partial charge is 0.495 e. The van der Waals surface area contributed by atoms with Crippen molar-refractivity contribution in [2.75, 3.05) is 7.11 Å². The first-order valence-electron chi connectivity index (χ1n) is 5.03. The molecule has 0 heterocycles. The Balaban J connectivity index is 3.29. The summed E-state index contributed by atoms with van der Waals surface area (Å²) in [4.78, 5) is 10.8. The number of carbonyl (C=O) groups is 1. The Morgan fingerprint density at radius 3 is 2.59 bits per heavy atom. The molecule has 0 spiro atoms. The predicted octanol–water partition coefficient (Wildman–Crippen LogP) is 3.24. The van der Waals surface area contributed by atoms with Gasteiger partial charge in [-0.3, -0.25) is 4.79 Å². The van der Waals surface area contributed by atoms with Gasteiger partial charge in [-0.15, -0.1) is 0 Å². The molecule has 0 bridgehead atoms. The van der Waals surface area contributed by atoms with Crippen LogP contribution in [0.15, 0.2) is 12.1 Å². The summed E-state index contributed by atoms with van der Waals surface area (Å²) >= 11 is 6.06. The summed E-state index contributed by atoms with van der Waals surface area (Å²) in [6, 6.07) is 2.41. The molecular weight excluding hydrogens is 247 g/mol. The van der Waals surface area contributed by atoms with Crippen molar-refractivity contribution in [3.63, 3.8) is 0 Å². The summed E-state index contributed by atoms with van der Waals surface area (Å²) in [5.74, 6) is -1.26. The van der Waals surface area contributed by atoms with Gasteiger partial charge in [0, 0.05) is 11.5 Å². The van der Waals surface area contributed by atoms with Gasteiger partial charge in [0.2, 0.25) is 0 Å². The van der Waals surface area contributed by atoms with Crippen LogP contribution in [0, 0.1) is 5.82 Å². The van der Waals surface area contributed by atoms with Gasteiger partial charge in [-0.05, 0) is 11.6 Å². The monoisotopic (exact) mass is 260 g/mol. The Labute approximate surface area is 104 Å². The summed E-state index contributed by atoms with van der Waals surface area (Å²) in [6.07, 6.45) is -0.140. The van der Waals surface area contributed by atoms with E-state index in [4.69, 9.17) is 21.4 Å². The SMILES string of the molecule is COc1cc(F)cc(C(C)(C)CC(=O)O)c1Cl. The zero-order valence-electron chi connectivity index (χ0n) is 9.88. The number of methoxy groups -OCH3 is 1. The molecule has 1 aromatic rings. The fourth-order valence-corrected chi connectivity index (χ4v) is 2.12. The zero-order chi connectivity index (χ0) is 13.2. The summed E-state index contributed by atoms with van der Waals surface area (Å²) in [5, 5.41) is 9.08. The van der Waals surface area contributed by atoms with Gasteiger partial charge in [0.25, 0.3) is 0 Å². The Morgan fingerprint density at radius 1 is 1.53 bits per heavy atom. The fourth-order valence-electron chi connectivity index (χ4n) is 1.68. The van der Waals surface area contributed by atoms with Crippen LogP contribution in [-0.2, 0) is 10.2 Å². The highest BCUT2D eigenvalue weighted by Gasteiger charge is 2.28. The average Bonchev–Trinajstić information content (AvgIpc) is 2.18. The van der Waals surface area contributed by atoms with E-state index in [9.17, 15) is 9.18 Å². The van der Waals surface area contributed by atoms with Crippen molar-refractivity contribution in [3.8, 4) is 5.75 Å². The lowest BCUT2D eigenvalue weighted by Gasteiger charge is -2.25. The highest BCUT2D eigenvalue weighted by molar-refractivity contribution is 6.33. The molecule has 1 rings (SSSR count). The molecule has 17 heavy (non-hydrogen) atoms. The molecule has 5 heteroatoms. The molecule has 0 atom stereocenters. The van der Waals surface area contributed by atoms with Crippen molar-refractivity contribution in [3.05, 3.63) is 28.5 Å². The number of benzene rings is 1. The Hall–Kier alpha value is -1.29. The van der Waals surface area contributed by atoms with Crippen LogP contribution in [0.5, 0.6) is 5.75 Å². The zero-order valence-corrected chi connectivity index (χ0v) is 10.6. The van der Waals surface area contributed by atoms with E-state index >= 15 is 0 Å². The lowest BCUT2D eigenvalue weighted by atomic mass is 9.81. The minimum Gasteiger partial charge on any atom is -0.495 e. The number of ether oxygens (including phenoxy) is 1. The molecule has 0 radical (unpaired) electrons. The van der Waals surface area contributed by atoms with Crippen molar-refractivity contribution in [2.45, 2.75) is 25.7 Å². The maximum Gasteiger partial charge on any atom is 0.304 e. The minimum absolute atomic E-state index is 0.140. The van der Waals surface area contributed by atoms with Crippen LogP contribution in [0.1, 0.15) is 25.8 Å². The van der Waals surface area contributed by atoms with Crippen LogP contribution < -0.4 is 4.74 Å². The van der Waals surface area contributed by atoms with Crippen LogP contribution >= 0.6 is 11.6 Å². The van der Waals surface area contributed by atoms with Crippen LogP contribution in [0.3, 0.4) is 0 Å². The van der Waals surface area contributed by atoms with Gasteiger partial charge in [-0.25, -0.2) is 4.39 Å². The quantitative estimate of drug-likeness (QED) is 0.904. The maximum absolute atomic E-state index is 13.4. The van der Waals surface area contributed by atoms with E-state index in [1.807, 2.05) is 0 Å². The van der Waals surface area contributed by atoms with Gasteiger partial charge in [-0.2, -0.15) is 0 Å². The molecule has 0 aliphatic heterocycles. The van der Waals surface area contributed by atoms with Crippen molar-refractivity contribution in [1.29, 1.82) is 0 Å². The summed E-state index contributed by atoms with van der Waals surface area (Å²) < 4.78 is 18.3. The van der Waals surface area contributed by atoms with Crippen molar-refractivity contribution in [2.24, 2.45) is 0 Å². The number of hydrogen-bond acceptors (Lipinski definition) is 2. The normalized spacial score (nSPS) is 11.4. The molecule has 1 N–H and O–H groups in total. The maximum atomic E-state index is 13.4. The number of carboxylic acids is 1. The molecule has 94 valence electrons. The van der Waals surface area contributed by atoms with Crippen molar-refractivity contribution >= 4 is 17.6 Å². The van der Waals surface area contributed by atoms with Gasteiger partial charge >= 0.3 is 5.97 Å². The number of hydrogen-bond donors (Lipinski definition) is 1. The van der Waals surface area contributed by atoms with Crippen LogP contribution in [0.4, 0.5) is 4.39 Å². The molecule has 0 saturated heterocycles. The highest BCUT2D eigenvalue weighted by atomic mass is 35.5. The summed E-state index contributed by atoms with van der Waals surface area (Å²) in [6.45, 7) is 3.39. The van der Waals surface area contributed by atoms with Crippen molar-refractivity contribution in [1.82, 2.24) is 0 Å². The lowest BCUT2D eigenvalue weighted by Crippen LogP contribution is -2.22. The molecule has 0 unspecified atom stereocenters. The second-order valence-corrected chi connectivity index (χ2v) is 4.80. The van der Waals surface area contributed by atoms with Crippen LogP contribution in [0.2, 0.25) is 5.02 Å². The van der Waals surface area contributed by atoms with E-state index in [-0.39, 0.29) is 17.2 Å². The molecule has 1 aromatic carbocycles. The van der Waals surface area contributed by atoms with E-state index in [1.54, 1.807) is 13.8 Å². The fraction of sp³-hybridized carbons (Fsp3) is 0.417. The van der Waals surface area contributed by atoms with Gasteiger partial charge < -0.3 is 9.84 Å². The first-order chi connectivity index (χ1) is 7.77. The second-order valence-electron chi connectivity index (χ2n) is 4.42. The molecule has 0 saturated carbocycles. The van der Waals surface area contributed by atoms with Gasteiger partial charge in [0.1, 0.15) is 11.6 Å². The second kappa shape index (κ2) is 4.92. The molecule has 0 fully saturated rings. The predicted molar refractivity (Wildman–Crippen MR) is 63.2 cm³/mol. The molecule has 0 aliphatic carbocycles. The smallest absolute Gasteiger partial charge is 0.304 e. The van der Waals surface area contributed by atoms with Gasteiger partial charge in [-0.1, -0.05) is 25.4 Å². The Bertz CT molecular complexity index is 444. The Morgan fingerprint density at radius 2 is 2.12 bits per heavy atom. The third-order valence-electron chi connectivity index (χ3n) is 2.55. The Kier molecular flexibility index (Phi) is 3.98. The average molecular weight is 261 g/mol. The van der Waals surface area contributed by atoms with E-state index in [1.165, 1.54) is 19.2 Å². The van der Waals surface area contributed by atoms with E-state index in [0.717, 1.165) is 0 Å². The van der Waals surface area contributed by atoms with Crippen LogP contribution in [0.25, 0.3) is 0 Å². The van der Waals surface area contributed by atoms with E-state index < -0.39 is 17.2 Å². The number of aliphatic carboxylic acids is 1. The van der Waals surface area contributed by atoms with Gasteiger partial charge in [0.15, 0.2) is 0 Å². The van der Waals surface area contributed by atoms with Crippen LogP contribution in [-0.4, -0.2) is 18.2 Å². The van der Waals surface area contributed by atoms with E-state index in [0.29, 0.717) is 5.56 Å². The number of rotatable bonds is 4. The number of halogens is 2. The molecule has 0 aromatic heterocycles. The molecular formula is C12H14ClFO3. The third kappa shape index (κ3) is 3.09. The molecule has 3 nitrogen and oxygen atoms in total. The minimum atomic E-state index is -0.964. The highest BCUT2D eigenvalue weighted by Crippen LogP contribution is 2.38. The number of carboxylic acid groups (broad SMARTS) is 1. The molecule has 0 amide bonds. The third-order valence-corrected chi connectivity index (χ3v) is 2.94. The summed E-state index contributed by atoms with van der Waals surface area (Å²) in [7, 11) is 1.38.